The van der Waals surface area contributed by atoms with Gasteiger partial charge in [0, 0.05) is 10.7 Å². The van der Waals surface area contributed by atoms with E-state index in [4.69, 9.17) is 23.8 Å². The van der Waals surface area contributed by atoms with E-state index < -0.39 is 0 Å². The predicted octanol–water partition coefficient (Wildman–Crippen LogP) is 4.53. The molecule has 0 aliphatic carbocycles. The number of hydrogen-bond acceptors (Lipinski definition) is 1. The maximum atomic E-state index is 12.9. The average molecular weight is 309 g/mol. The smallest absolute Gasteiger partial charge is 0.171 e. The summed E-state index contributed by atoms with van der Waals surface area (Å²) in [6, 6.07) is 13.6. The fourth-order valence-electron chi connectivity index (χ4n) is 1.73. The minimum atomic E-state index is -0.247. The topological polar surface area (TPSA) is 24.1 Å². The molecule has 0 aliphatic rings. The summed E-state index contributed by atoms with van der Waals surface area (Å²) in [5.74, 6) is -0.247. The van der Waals surface area contributed by atoms with E-state index in [1.165, 1.54) is 12.1 Å². The quantitative estimate of drug-likeness (QED) is 0.815. The number of anilines is 1. The molecule has 5 heteroatoms. The lowest BCUT2D eigenvalue weighted by molar-refractivity contribution is 0.624. The molecule has 0 aromatic heterocycles. The van der Waals surface area contributed by atoms with Gasteiger partial charge in [0.2, 0.25) is 0 Å². The van der Waals surface area contributed by atoms with Crippen LogP contribution in [0, 0.1) is 5.82 Å². The van der Waals surface area contributed by atoms with Crippen molar-refractivity contribution in [3.63, 3.8) is 0 Å². The number of halogens is 2. The minimum Gasteiger partial charge on any atom is -0.356 e. The Hall–Kier alpha value is -1.65. The summed E-state index contributed by atoms with van der Waals surface area (Å²) in [7, 11) is 0. The summed E-state index contributed by atoms with van der Waals surface area (Å²) in [6.45, 7) is 1.96. The molecule has 0 fully saturated rings. The summed E-state index contributed by atoms with van der Waals surface area (Å²) >= 11 is 11.1. The van der Waals surface area contributed by atoms with E-state index >= 15 is 0 Å². The number of benzene rings is 2. The number of hydrogen-bond donors (Lipinski definition) is 2. The van der Waals surface area contributed by atoms with Gasteiger partial charge in [-0.15, -0.1) is 0 Å². The fraction of sp³-hybridized carbons (Fsp3) is 0.133. The number of rotatable bonds is 3. The normalized spacial score (nSPS) is 11.8. The van der Waals surface area contributed by atoms with Crippen molar-refractivity contribution in [2.45, 2.75) is 13.0 Å². The Balaban J connectivity index is 1.93. The minimum absolute atomic E-state index is 0.0112. The van der Waals surface area contributed by atoms with Crippen LogP contribution in [0.1, 0.15) is 18.5 Å². The summed E-state index contributed by atoms with van der Waals surface area (Å²) in [6.07, 6.45) is 0. The second-order valence-electron chi connectivity index (χ2n) is 4.38. The van der Waals surface area contributed by atoms with Crippen LogP contribution < -0.4 is 10.6 Å². The molecule has 104 valence electrons. The van der Waals surface area contributed by atoms with Gasteiger partial charge in [-0.05, 0) is 61.1 Å². The van der Waals surface area contributed by atoms with Crippen LogP contribution in [-0.2, 0) is 0 Å². The van der Waals surface area contributed by atoms with Gasteiger partial charge >= 0.3 is 0 Å². The van der Waals surface area contributed by atoms with Gasteiger partial charge in [0.15, 0.2) is 5.11 Å². The van der Waals surface area contributed by atoms with E-state index in [1.807, 2.05) is 19.1 Å². The summed E-state index contributed by atoms with van der Waals surface area (Å²) < 4.78 is 12.9. The van der Waals surface area contributed by atoms with Gasteiger partial charge in [0.25, 0.3) is 0 Å². The van der Waals surface area contributed by atoms with Crippen molar-refractivity contribution < 1.29 is 4.39 Å². The van der Waals surface area contributed by atoms with Gasteiger partial charge in [-0.2, -0.15) is 0 Å². The molecule has 0 spiro atoms. The third-order valence-electron chi connectivity index (χ3n) is 2.82. The molecule has 0 amide bonds. The average Bonchev–Trinajstić information content (AvgIpc) is 2.42. The van der Waals surface area contributed by atoms with E-state index in [-0.39, 0.29) is 11.9 Å². The summed E-state index contributed by atoms with van der Waals surface area (Å²) in [5, 5.41) is 7.39. The van der Waals surface area contributed by atoms with Gasteiger partial charge in [0.1, 0.15) is 5.82 Å². The maximum absolute atomic E-state index is 12.9. The predicted molar refractivity (Wildman–Crippen MR) is 85.6 cm³/mol. The van der Waals surface area contributed by atoms with Gasteiger partial charge in [-0.25, -0.2) is 4.39 Å². The van der Waals surface area contributed by atoms with Crippen LogP contribution in [0.3, 0.4) is 0 Å². The Morgan fingerprint density at radius 1 is 1.10 bits per heavy atom. The molecule has 0 unspecified atom stereocenters. The first kappa shape index (κ1) is 14.8. The monoisotopic (exact) mass is 308 g/mol. The zero-order valence-electron chi connectivity index (χ0n) is 10.9. The third kappa shape index (κ3) is 4.18. The van der Waals surface area contributed by atoms with Crippen molar-refractivity contribution in [2.24, 2.45) is 0 Å². The molecule has 0 saturated carbocycles. The van der Waals surface area contributed by atoms with Crippen LogP contribution in [0.5, 0.6) is 0 Å². The van der Waals surface area contributed by atoms with Crippen LogP contribution in [-0.4, -0.2) is 5.11 Å². The molecule has 0 radical (unpaired) electrons. The van der Waals surface area contributed by atoms with E-state index in [0.717, 1.165) is 11.3 Å². The number of nitrogens with one attached hydrogen (secondary N) is 2. The second kappa shape index (κ2) is 6.68. The zero-order chi connectivity index (χ0) is 14.5. The van der Waals surface area contributed by atoms with Crippen molar-refractivity contribution in [3.8, 4) is 0 Å². The van der Waals surface area contributed by atoms with E-state index in [9.17, 15) is 4.39 Å². The Kier molecular flexibility index (Phi) is 4.93. The molecular weight excluding hydrogens is 295 g/mol. The highest BCUT2D eigenvalue weighted by molar-refractivity contribution is 7.80. The molecule has 0 heterocycles. The lowest BCUT2D eigenvalue weighted by Crippen LogP contribution is -2.30. The standard InChI is InChI=1S/C15H14ClFN2S/c1-10(11-2-6-13(17)7-3-11)18-15(20)19-14-8-4-12(16)5-9-14/h2-10H,1H3,(H2,18,19,20)/t10-/m0/s1. The molecule has 0 saturated heterocycles. The van der Waals surface area contributed by atoms with Crippen molar-refractivity contribution in [1.29, 1.82) is 0 Å². The molecule has 2 aromatic carbocycles. The molecular formula is C15H14ClFN2S. The molecule has 0 aliphatic heterocycles. The fourth-order valence-corrected chi connectivity index (χ4v) is 2.15. The molecule has 20 heavy (non-hydrogen) atoms. The second-order valence-corrected chi connectivity index (χ2v) is 5.22. The van der Waals surface area contributed by atoms with E-state index in [2.05, 4.69) is 10.6 Å². The van der Waals surface area contributed by atoms with Gasteiger partial charge in [0.05, 0.1) is 6.04 Å². The van der Waals surface area contributed by atoms with Gasteiger partial charge in [-0.1, -0.05) is 23.7 Å². The van der Waals surface area contributed by atoms with Crippen LogP contribution in [0.25, 0.3) is 0 Å². The Morgan fingerprint density at radius 3 is 2.30 bits per heavy atom. The summed E-state index contributed by atoms with van der Waals surface area (Å²) in [4.78, 5) is 0. The summed E-state index contributed by atoms with van der Waals surface area (Å²) in [5.41, 5.74) is 1.82. The Bertz CT molecular complexity index is 584. The van der Waals surface area contributed by atoms with Crippen molar-refractivity contribution in [1.82, 2.24) is 5.32 Å². The number of thiocarbonyl (C=S) groups is 1. The van der Waals surface area contributed by atoms with Gasteiger partial charge in [-0.3, -0.25) is 0 Å². The van der Waals surface area contributed by atoms with Crippen molar-refractivity contribution in [3.05, 3.63) is 64.9 Å². The van der Waals surface area contributed by atoms with Crippen LogP contribution in [0.2, 0.25) is 5.02 Å². The molecule has 2 nitrogen and oxygen atoms in total. The first-order valence-electron chi connectivity index (χ1n) is 6.13. The first-order chi connectivity index (χ1) is 9.54. The zero-order valence-corrected chi connectivity index (χ0v) is 12.4. The van der Waals surface area contributed by atoms with Crippen molar-refractivity contribution >= 4 is 34.6 Å². The maximum Gasteiger partial charge on any atom is 0.171 e. The lowest BCUT2D eigenvalue weighted by Gasteiger charge is -2.17. The Labute approximate surface area is 128 Å². The molecule has 2 rings (SSSR count). The highest BCUT2D eigenvalue weighted by Crippen LogP contribution is 2.15. The highest BCUT2D eigenvalue weighted by Gasteiger charge is 2.07. The Morgan fingerprint density at radius 2 is 1.70 bits per heavy atom. The first-order valence-corrected chi connectivity index (χ1v) is 6.92. The SMILES string of the molecule is C[C@H](NC(=S)Nc1ccc(Cl)cc1)c1ccc(F)cc1. The third-order valence-corrected chi connectivity index (χ3v) is 3.29. The van der Waals surface area contributed by atoms with Crippen molar-refractivity contribution in [2.75, 3.05) is 5.32 Å². The van der Waals surface area contributed by atoms with Crippen LogP contribution >= 0.6 is 23.8 Å². The van der Waals surface area contributed by atoms with Gasteiger partial charge < -0.3 is 10.6 Å². The molecule has 0 bridgehead atoms. The lowest BCUT2D eigenvalue weighted by atomic mass is 10.1. The largest absolute Gasteiger partial charge is 0.356 e. The molecule has 2 aromatic rings. The molecule has 2 N–H and O–H groups in total. The van der Waals surface area contributed by atoms with Crippen LogP contribution in [0.4, 0.5) is 10.1 Å². The van der Waals surface area contributed by atoms with E-state index in [0.29, 0.717) is 10.1 Å². The van der Waals surface area contributed by atoms with Crippen LogP contribution in [0.15, 0.2) is 48.5 Å². The van der Waals surface area contributed by atoms with E-state index in [1.54, 1.807) is 24.3 Å². The molecule has 1 atom stereocenters. The highest BCUT2D eigenvalue weighted by atomic mass is 35.5.